The van der Waals surface area contributed by atoms with Gasteiger partial charge in [0.15, 0.2) is 0 Å². The fraction of sp³-hybridized carbons (Fsp3) is 0.467. The molecule has 1 aliphatic rings. The van der Waals surface area contributed by atoms with Crippen molar-refractivity contribution in [3.05, 3.63) is 35.4 Å². The van der Waals surface area contributed by atoms with Gasteiger partial charge in [0.05, 0.1) is 6.42 Å². The zero-order valence-electron chi connectivity index (χ0n) is 11.4. The molecule has 0 aromatic heterocycles. The summed E-state index contributed by atoms with van der Waals surface area (Å²) in [5.41, 5.74) is 1.63. The number of carboxylic acid groups (broad SMARTS) is 1. The molecule has 20 heavy (non-hydrogen) atoms. The Hall–Kier alpha value is -1.88. The van der Waals surface area contributed by atoms with Crippen LogP contribution in [0.5, 0.6) is 0 Å². The van der Waals surface area contributed by atoms with E-state index < -0.39 is 5.97 Å². The number of amides is 1. The summed E-state index contributed by atoms with van der Waals surface area (Å²) in [4.78, 5) is 22.9. The first-order valence-corrected chi connectivity index (χ1v) is 6.94. The second-order valence-electron chi connectivity index (χ2n) is 5.08. The second kappa shape index (κ2) is 7.05. The summed E-state index contributed by atoms with van der Waals surface area (Å²) in [5, 5.41) is 15.0. The number of carbonyl (C=O) groups excluding carboxylic acids is 1. The highest BCUT2D eigenvalue weighted by atomic mass is 16.4. The summed E-state index contributed by atoms with van der Waals surface area (Å²) in [6, 6.07) is 7.33. The molecule has 1 amide bonds. The third-order valence-corrected chi connectivity index (χ3v) is 3.62. The molecule has 0 atom stereocenters. The van der Waals surface area contributed by atoms with E-state index in [0.717, 1.165) is 37.1 Å². The predicted octanol–water partition coefficient (Wildman–Crippen LogP) is 0.930. The minimum Gasteiger partial charge on any atom is -0.481 e. The van der Waals surface area contributed by atoms with Crippen molar-refractivity contribution >= 4 is 11.9 Å². The first kappa shape index (κ1) is 14.5. The van der Waals surface area contributed by atoms with Crippen LogP contribution in [0, 0.1) is 5.92 Å². The number of hydrogen-bond donors (Lipinski definition) is 3. The molecule has 0 aliphatic carbocycles. The summed E-state index contributed by atoms with van der Waals surface area (Å²) >= 11 is 0. The number of aliphatic carboxylic acids is 1. The van der Waals surface area contributed by atoms with Crippen LogP contribution in [0.2, 0.25) is 0 Å². The lowest BCUT2D eigenvalue weighted by Gasteiger charge is -2.22. The maximum absolute atomic E-state index is 12.0. The molecule has 5 nitrogen and oxygen atoms in total. The van der Waals surface area contributed by atoms with Crippen molar-refractivity contribution in [1.82, 2.24) is 10.6 Å². The Morgan fingerprint density at radius 3 is 2.50 bits per heavy atom. The minimum atomic E-state index is -0.859. The molecule has 0 unspecified atom stereocenters. The molecule has 2 rings (SSSR count). The smallest absolute Gasteiger partial charge is 0.307 e. The lowest BCUT2D eigenvalue weighted by atomic mass is 9.97. The lowest BCUT2D eigenvalue weighted by Crippen LogP contribution is -2.38. The van der Waals surface area contributed by atoms with E-state index in [2.05, 4.69) is 10.6 Å². The van der Waals surface area contributed by atoms with E-state index in [1.807, 2.05) is 18.2 Å². The van der Waals surface area contributed by atoms with Crippen LogP contribution in [-0.4, -0.2) is 30.1 Å². The average Bonchev–Trinajstić information content (AvgIpc) is 2.46. The highest BCUT2D eigenvalue weighted by molar-refractivity contribution is 5.78. The molecule has 0 saturated carbocycles. The quantitative estimate of drug-likeness (QED) is 0.747. The van der Waals surface area contributed by atoms with E-state index >= 15 is 0 Å². The Bertz CT molecular complexity index is 482. The van der Waals surface area contributed by atoms with Crippen molar-refractivity contribution in [1.29, 1.82) is 0 Å². The Morgan fingerprint density at radius 2 is 1.85 bits per heavy atom. The molecule has 1 saturated heterocycles. The van der Waals surface area contributed by atoms with Crippen LogP contribution < -0.4 is 10.6 Å². The van der Waals surface area contributed by atoms with Gasteiger partial charge in [-0.2, -0.15) is 0 Å². The minimum absolute atomic E-state index is 0.0145. The standard InChI is InChI=1S/C15H20N2O3/c18-14(19)9-12-3-1-2-4-13(12)10-17-15(20)11-5-7-16-8-6-11/h1-4,11,16H,5-10H2,(H,17,20)(H,18,19). The monoisotopic (exact) mass is 276 g/mol. The van der Waals surface area contributed by atoms with Crippen LogP contribution in [0.3, 0.4) is 0 Å². The van der Waals surface area contributed by atoms with Crippen molar-refractivity contribution < 1.29 is 14.7 Å². The maximum atomic E-state index is 12.0. The van der Waals surface area contributed by atoms with Gasteiger partial charge in [0.25, 0.3) is 0 Å². The SMILES string of the molecule is O=C(O)Cc1ccccc1CNC(=O)C1CCNCC1. The van der Waals surface area contributed by atoms with E-state index in [1.54, 1.807) is 6.07 Å². The molecule has 1 aromatic carbocycles. The second-order valence-corrected chi connectivity index (χ2v) is 5.08. The van der Waals surface area contributed by atoms with Crippen molar-refractivity contribution in [3.8, 4) is 0 Å². The number of nitrogens with one attached hydrogen (secondary N) is 2. The van der Waals surface area contributed by atoms with Crippen molar-refractivity contribution in [2.45, 2.75) is 25.8 Å². The molecule has 1 aliphatic heterocycles. The summed E-state index contributed by atoms with van der Waals surface area (Å²) in [7, 11) is 0. The Labute approximate surface area is 118 Å². The number of piperidine rings is 1. The number of rotatable bonds is 5. The van der Waals surface area contributed by atoms with Crippen LogP contribution in [0.4, 0.5) is 0 Å². The number of carbonyl (C=O) groups is 2. The van der Waals surface area contributed by atoms with E-state index in [0.29, 0.717) is 6.54 Å². The predicted molar refractivity (Wildman–Crippen MR) is 75.2 cm³/mol. The molecule has 5 heteroatoms. The van der Waals surface area contributed by atoms with Gasteiger partial charge >= 0.3 is 5.97 Å². The third-order valence-electron chi connectivity index (χ3n) is 3.62. The molecule has 0 bridgehead atoms. The largest absolute Gasteiger partial charge is 0.481 e. The van der Waals surface area contributed by atoms with Gasteiger partial charge in [-0.25, -0.2) is 0 Å². The van der Waals surface area contributed by atoms with E-state index in [-0.39, 0.29) is 18.2 Å². The van der Waals surface area contributed by atoms with Crippen molar-refractivity contribution in [2.24, 2.45) is 5.92 Å². The van der Waals surface area contributed by atoms with Crippen molar-refractivity contribution in [2.75, 3.05) is 13.1 Å². The molecule has 0 radical (unpaired) electrons. The van der Waals surface area contributed by atoms with Gasteiger partial charge in [-0.05, 0) is 37.1 Å². The molecule has 1 fully saturated rings. The maximum Gasteiger partial charge on any atom is 0.307 e. The number of carboxylic acids is 1. The average molecular weight is 276 g/mol. The first-order valence-electron chi connectivity index (χ1n) is 6.94. The van der Waals surface area contributed by atoms with Crippen LogP contribution >= 0.6 is 0 Å². The van der Waals surface area contributed by atoms with Crippen LogP contribution in [-0.2, 0) is 22.6 Å². The Balaban J connectivity index is 1.92. The fourth-order valence-electron chi connectivity index (χ4n) is 2.48. The Morgan fingerprint density at radius 1 is 1.20 bits per heavy atom. The zero-order valence-corrected chi connectivity index (χ0v) is 11.4. The summed E-state index contributed by atoms with van der Waals surface area (Å²) in [5.74, 6) is -0.721. The summed E-state index contributed by atoms with van der Waals surface area (Å²) in [6.07, 6.45) is 1.71. The number of benzene rings is 1. The molecule has 0 spiro atoms. The van der Waals surface area contributed by atoms with E-state index in [1.165, 1.54) is 0 Å². The summed E-state index contributed by atoms with van der Waals surface area (Å²) < 4.78 is 0. The molecule has 3 N–H and O–H groups in total. The topological polar surface area (TPSA) is 78.4 Å². The molecular formula is C15H20N2O3. The number of hydrogen-bond acceptors (Lipinski definition) is 3. The van der Waals surface area contributed by atoms with Gasteiger partial charge in [0.1, 0.15) is 0 Å². The fourth-order valence-corrected chi connectivity index (χ4v) is 2.48. The van der Waals surface area contributed by atoms with Crippen LogP contribution in [0.1, 0.15) is 24.0 Å². The van der Waals surface area contributed by atoms with Gasteiger partial charge < -0.3 is 15.7 Å². The van der Waals surface area contributed by atoms with Gasteiger partial charge in [0.2, 0.25) is 5.91 Å². The molecule has 108 valence electrons. The molecule has 1 aromatic rings. The van der Waals surface area contributed by atoms with Gasteiger partial charge in [0, 0.05) is 12.5 Å². The normalized spacial score (nSPS) is 15.8. The van der Waals surface area contributed by atoms with Gasteiger partial charge in [-0.3, -0.25) is 9.59 Å². The van der Waals surface area contributed by atoms with Crippen LogP contribution in [0.25, 0.3) is 0 Å². The van der Waals surface area contributed by atoms with E-state index in [4.69, 9.17) is 5.11 Å². The van der Waals surface area contributed by atoms with E-state index in [9.17, 15) is 9.59 Å². The van der Waals surface area contributed by atoms with Gasteiger partial charge in [-0.15, -0.1) is 0 Å². The van der Waals surface area contributed by atoms with Gasteiger partial charge in [-0.1, -0.05) is 24.3 Å². The highest BCUT2D eigenvalue weighted by Crippen LogP contribution is 2.13. The highest BCUT2D eigenvalue weighted by Gasteiger charge is 2.20. The zero-order chi connectivity index (χ0) is 14.4. The third kappa shape index (κ3) is 4.06. The molecular weight excluding hydrogens is 256 g/mol. The molecule has 1 heterocycles. The first-order chi connectivity index (χ1) is 9.66. The Kier molecular flexibility index (Phi) is 5.12. The lowest BCUT2D eigenvalue weighted by molar-refractivity contribution is -0.136. The summed E-state index contributed by atoms with van der Waals surface area (Å²) in [6.45, 7) is 2.16. The van der Waals surface area contributed by atoms with Crippen LogP contribution in [0.15, 0.2) is 24.3 Å². The van der Waals surface area contributed by atoms with Crippen molar-refractivity contribution in [3.63, 3.8) is 0 Å².